The van der Waals surface area contributed by atoms with Crippen LogP contribution in [-0.2, 0) is 24.1 Å². The molecule has 0 spiro atoms. The van der Waals surface area contributed by atoms with Crippen LogP contribution in [-0.4, -0.2) is 40.3 Å². The minimum Gasteiger partial charge on any atom is -0.147 e. The van der Waals surface area contributed by atoms with Gasteiger partial charge in [-0.1, -0.05) is 0 Å². The number of halogens is 2. The van der Waals surface area contributed by atoms with Gasteiger partial charge in [0.25, 0.3) is 0 Å². The maximum Gasteiger partial charge on any atom is -0.147 e. The van der Waals surface area contributed by atoms with Crippen molar-refractivity contribution in [2.75, 3.05) is 6.54 Å². The number of aliphatic carboxylic acids is 1. The number of rotatable bonds is 11. The first-order valence-electron chi connectivity index (χ1n) is 9.59. The van der Waals surface area contributed by atoms with Crippen molar-refractivity contribution < 1.29 is 14.7 Å². The number of carboxylic acids is 1. The summed E-state index contributed by atoms with van der Waals surface area (Å²) in [5.74, 6) is -0.764. The average molecular weight is 526 g/mol. The van der Waals surface area contributed by atoms with E-state index in [0.717, 1.165) is 34.2 Å². The number of benzene rings is 2. The number of carboxylic acid groups (broad SMARTS) is 1. The first-order chi connectivity index (χ1) is 13.9. The third kappa shape index (κ3) is 7.97. The Hall–Kier alpha value is -1.84. The van der Waals surface area contributed by atoms with Gasteiger partial charge in [-0.2, -0.15) is 0 Å². The number of carbonyl (C=O) groups excluding carboxylic acids is 1. The van der Waals surface area contributed by atoms with E-state index < -0.39 is 10.7 Å². The number of hydrogen-bond acceptors (Lipinski definition) is 3. The van der Waals surface area contributed by atoms with Crippen LogP contribution in [0.3, 0.4) is 0 Å². The van der Waals surface area contributed by atoms with Crippen LogP contribution in [0.2, 0.25) is 4.71 Å². The molecule has 3 N–H and O–H groups in total. The summed E-state index contributed by atoms with van der Waals surface area (Å²) in [5.41, 5.74) is 11.2. The van der Waals surface area contributed by atoms with Gasteiger partial charge < -0.3 is 0 Å². The predicted molar refractivity (Wildman–Crippen MR) is 136 cm³/mol. The molecule has 0 saturated carbocycles. The molecule has 2 aromatic carbocycles. The summed E-state index contributed by atoms with van der Waals surface area (Å²) in [6.07, 6.45) is 5.71. The number of ketones is 1. The topological polar surface area (TPSA) is 80.4 Å². The number of carbonyl (C=O) groups is 2. The van der Waals surface area contributed by atoms with Crippen LogP contribution in [0.5, 0.6) is 0 Å². The molecule has 168 valence electrons. The van der Waals surface area contributed by atoms with Crippen LogP contribution in [0.25, 0.3) is 11.1 Å². The largest absolute Gasteiger partial charge is 0.147 e. The summed E-state index contributed by atoms with van der Waals surface area (Å²) in [6, 6.07) is 11.9. The molecule has 31 heavy (non-hydrogen) atoms. The Labute approximate surface area is 205 Å². The van der Waals surface area contributed by atoms with Gasteiger partial charge in [0.2, 0.25) is 0 Å². The van der Waals surface area contributed by atoms with Crippen LogP contribution in [0, 0.1) is 0 Å². The predicted octanol–water partition coefficient (Wildman–Crippen LogP) is 4.23. The van der Waals surface area contributed by atoms with Crippen molar-refractivity contribution in [3.8, 4) is 11.1 Å². The number of Topliss-reactive ketones (excluding diaryl/α,β-unsaturated/α-hetero) is 1. The third-order valence-electron chi connectivity index (χ3n) is 4.76. The molecule has 0 aliphatic heterocycles. The van der Waals surface area contributed by atoms with Crippen LogP contribution < -0.4 is 5.73 Å². The summed E-state index contributed by atoms with van der Waals surface area (Å²) < 4.78 is -0.426. The van der Waals surface area contributed by atoms with Crippen molar-refractivity contribution in [2.24, 2.45) is 5.73 Å². The van der Waals surface area contributed by atoms with E-state index in [1.165, 1.54) is 16.9 Å². The molecule has 0 aliphatic rings. The molecule has 0 heterocycles. The van der Waals surface area contributed by atoms with E-state index in [4.69, 9.17) is 5.73 Å². The van der Waals surface area contributed by atoms with Gasteiger partial charge >= 0.3 is 181 Å². The Morgan fingerprint density at radius 1 is 1.03 bits per heavy atom. The van der Waals surface area contributed by atoms with Crippen LogP contribution in [0.4, 0.5) is 0 Å². The van der Waals surface area contributed by atoms with E-state index >= 15 is 0 Å². The summed E-state index contributed by atoms with van der Waals surface area (Å²) in [6.45, 7) is 7.93. The first kappa shape index (κ1) is 29.2. The van der Waals surface area contributed by atoms with Gasteiger partial charge in [0.1, 0.15) is 0 Å². The Morgan fingerprint density at radius 2 is 1.71 bits per heavy atom. The molecule has 7 heteroatoms. The van der Waals surface area contributed by atoms with Gasteiger partial charge in [0, 0.05) is 0 Å². The molecule has 0 amide bonds. The maximum absolute atomic E-state index is 12.4. The van der Waals surface area contributed by atoms with Gasteiger partial charge in [0.05, 0.1) is 0 Å². The van der Waals surface area contributed by atoms with Crippen LogP contribution >= 0.6 is 24.8 Å². The van der Waals surface area contributed by atoms with Crippen molar-refractivity contribution in [1.82, 2.24) is 0 Å². The van der Waals surface area contributed by atoms with Gasteiger partial charge in [-0.3, -0.25) is 0 Å². The minimum absolute atomic E-state index is 0. The average Bonchev–Trinajstić information content (AvgIpc) is 2.69. The zero-order valence-electron chi connectivity index (χ0n) is 17.4. The van der Waals surface area contributed by atoms with Gasteiger partial charge in [-0.25, -0.2) is 0 Å². The van der Waals surface area contributed by atoms with E-state index in [1.807, 2.05) is 36.4 Å². The summed E-state index contributed by atoms with van der Waals surface area (Å²) in [7, 11) is 0. The molecule has 2 atom stereocenters. The Bertz CT molecular complexity index is 931. The van der Waals surface area contributed by atoms with Gasteiger partial charge in [0.15, 0.2) is 0 Å². The maximum atomic E-state index is 12.4. The van der Waals surface area contributed by atoms with Crippen molar-refractivity contribution in [3.05, 3.63) is 84.0 Å². The SMILES string of the molecule is C=CCc1ccc(CC([AsH2])C(=O)O)c(-c2ccc(C(=O)CCN)c(CC=C)c2)c1.Cl.Cl. The van der Waals surface area contributed by atoms with E-state index in [-0.39, 0.29) is 30.6 Å². The number of allylic oxidation sites excluding steroid dienone is 2. The normalized spacial score (nSPS) is 10.9. The van der Waals surface area contributed by atoms with Crippen LogP contribution in [0.15, 0.2) is 61.7 Å². The molecular weight excluding hydrogens is 496 g/mol. The van der Waals surface area contributed by atoms with E-state index in [2.05, 4.69) is 19.2 Å². The zero-order valence-corrected chi connectivity index (χ0v) is 21.4. The summed E-state index contributed by atoms with van der Waals surface area (Å²) in [5, 5.41) is 9.35. The smallest absolute Gasteiger partial charge is 0.147 e. The number of nitrogens with two attached hydrogens (primary N) is 1. The third-order valence-corrected chi connectivity index (χ3v) is 5.86. The Balaban J connectivity index is 0.00000450. The molecular formula is C24H30AsCl2NO3. The van der Waals surface area contributed by atoms with Gasteiger partial charge in [-0.05, 0) is 0 Å². The van der Waals surface area contributed by atoms with Gasteiger partial charge in [-0.15, -0.1) is 24.8 Å². The molecule has 0 fully saturated rings. The molecule has 4 nitrogen and oxygen atoms in total. The minimum atomic E-state index is -0.791. The monoisotopic (exact) mass is 525 g/mol. The molecule has 2 rings (SSSR count). The second-order valence-corrected chi connectivity index (χ2v) is 8.65. The molecule has 2 aromatic rings. The van der Waals surface area contributed by atoms with Crippen molar-refractivity contribution in [3.63, 3.8) is 0 Å². The van der Waals surface area contributed by atoms with Crippen molar-refractivity contribution in [1.29, 1.82) is 0 Å². The Kier molecular flexibility index (Phi) is 13.4. The van der Waals surface area contributed by atoms with E-state index in [9.17, 15) is 14.7 Å². The quantitative estimate of drug-likeness (QED) is 0.261. The van der Waals surface area contributed by atoms with Crippen LogP contribution in [0.1, 0.15) is 33.5 Å². The molecule has 0 aromatic heterocycles. The van der Waals surface area contributed by atoms with E-state index in [0.29, 0.717) is 31.4 Å². The van der Waals surface area contributed by atoms with Crippen molar-refractivity contribution >= 4 is 53.4 Å². The molecule has 0 aliphatic carbocycles. The second-order valence-electron chi connectivity index (χ2n) is 6.96. The first-order valence-corrected chi connectivity index (χ1v) is 11.0. The van der Waals surface area contributed by atoms with E-state index in [1.54, 1.807) is 6.08 Å². The molecule has 0 saturated heterocycles. The fourth-order valence-corrected chi connectivity index (χ4v) is 3.84. The fraction of sp³-hybridized carbons (Fsp3) is 0.250. The molecule has 0 radical (unpaired) electrons. The summed E-state index contributed by atoms with van der Waals surface area (Å²) in [4.78, 5) is 23.8. The second kappa shape index (κ2) is 14.3. The standard InChI is InChI=1S/C24H28AsNO3.2ClH/c1-3-5-16-7-8-19(15-22(25)24(28)29)21(13-16)18-9-10-20(23(27)11-12-26)17(14-18)6-4-2;;/h3-4,7-10,13-14,22H,1-2,5-6,11-12,15,25-26H2,(H,28,29);2*1H. The fourth-order valence-electron chi connectivity index (χ4n) is 3.31. The molecule has 2 unspecified atom stereocenters. The van der Waals surface area contributed by atoms with Crippen molar-refractivity contribution in [2.45, 2.75) is 30.4 Å². The summed E-state index contributed by atoms with van der Waals surface area (Å²) >= 11 is 1.20. The zero-order chi connectivity index (χ0) is 21.4. The number of hydrogen-bond donors (Lipinski definition) is 2. The molecule has 0 bridgehead atoms. The Morgan fingerprint density at radius 3 is 2.29 bits per heavy atom.